The molecule has 0 saturated heterocycles. The molecule has 3 N–H and O–H groups in total. The summed E-state index contributed by atoms with van der Waals surface area (Å²) in [4.78, 5) is 19.0. The van der Waals surface area contributed by atoms with Gasteiger partial charge >= 0.3 is 0 Å². The Kier molecular flexibility index (Phi) is 5.66. The molecule has 2 heterocycles. The highest BCUT2D eigenvalue weighted by Gasteiger charge is 2.16. The minimum Gasteiger partial charge on any atom is -0.484 e. The third-order valence-electron chi connectivity index (χ3n) is 3.76. The van der Waals surface area contributed by atoms with E-state index in [0.29, 0.717) is 22.8 Å². The van der Waals surface area contributed by atoms with Gasteiger partial charge in [0, 0.05) is 19.4 Å². The minimum absolute atomic E-state index is 0.0476. The second kappa shape index (κ2) is 8.15. The maximum atomic E-state index is 12.5. The van der Waals surface area contributed by atoms with E-state index < -0.39 is 15.9 Å². The van der Waals surface area contributed by atoms with Crippen molar-refractivity contribution >= 4 is 15.9 Å². The lowest BCUT2D eigenvalue weighted by Crippen LogP contribution is -2.24. The molecular weight excluding hydrogens is 384 g/mol. The van der Waals surface area contributed by atoms with Gasteiger partial charge in [-0.1, -0.05) is 0 Å². The molecule has 2 aromatic heterocycles. The molecule has 0 spiro atoms. The number of nitrogens with two attached hydrogens (primary N) is 1. The first-order valence-corrected chi connectivity index (χ1v) is 9.63. The predicted molar refractivity (Wildman–Crippen MR) is 99.4 cm³/mol. The van der Waals surface area contributed by atoms with E-state index in [4.69, 9.17) is 10.5 Å². The van der Waals surface area contributed by atoms with E-state index in [2.05, 4.69) is 19.8 Å². The Balaban J connectivity index is 1.68. The number of nitrogens with one attached hydrogen (secondary N) is 1. The van der Waals surface area contributed by atoms with Gasteiger partial charge in [-0.15, -0.1) is 0 Å². The van der Waals surface area contributed by atoms with Crippen LogP contribution in [-0.4, -0.2) is 40.7 Å². The van der Waals surface area contributed by atoms with Crippen LogP contribution >= 0.6 is 0 Å². The highest BCUT2D eigenvalue weighted by atomic mass is 32.2. The fraction of sp³-hybridized carbons (Fsp3) is 0.176. The average Bonchev–Trinajstić information content (AvgIpc) is 3.07. The molecule has 0 radical (unpaired) electrons. The number of benzene rings is 1. The molecule has 0 fully saturated rings. The minimum atomic E-state index is -3.74. The first-order valence-electron chi connectivity index (χ1n) is 8.15. The zero-order valence-electron chi connectivity index (χ0n) is 14.9. The van der Waals surface area contributed by atoms with Crippen molar-refractivity contribution in [2.24, 2.45) is 12.8 Å². The Morgan fingerprint density at radius 2 is 1.96 bits per heavy atom. The van der Waals surface area contributed by atoms with Crippen LogP contribution in [0.3, 0.4) is 0 Å². The molecule has 0 unspecified atom stereocenters. The fourth-order valence-corrected chi connectivity index (χ4v) is 3.35. The Morgan fingerprint density at radius 1 is 1.21 bits per heavy atom. The molecule has 0 bridgehead atoms. The van der Waals surface area contributed by atoms with E-state index in [1.165, 1.54) is 24.3 Å². The molecule has 0 aliphatic heterocycles. The molecule has 146 valence electrons. The van der Waals surface area contributed by atoms with Gasteiger partial charge in [-0.25, -0.2) is 13.1 Å². The SMILES string of the molecule is Cn1nc(-c2cnccn2)cc1CNS(=O)(=O)c1ccc(OCC(N)=O)cc1. The zero-order chi connectivity index (χ0) is 20.1. The molecule has 11 heteroatoms. The van der Waals surface area contributed by atoms with Crippen LogP contribution in [0, 0.1) is 0 Å². The summed E-state index contributed by atoms with van der Waals surface area (Å²) in [7, 11) is -2.03. The molecular formula is C17H18N6O4S. The number of sulfonamides is 1. The molecule has 1 amide bonds. The quantitative estimate of drug-likeness (QED) is 0.549. The summed E-state index contributed by atoms with van der Waals surface area (Å²) in [6.07, 6.45) is 4.70. The van der Waals surface area contributed by atoms with E-state index in [1.54, 1.807) is 36.4 Å². The van der Waals surface area contributed by atoms with Crippen LogP contribution in [0.25, 0.3) is 11.4 Å². The lowest BCUT2D eigenvalue weighted by atomic mass is 10.3. The normalized spacial score (nSPS) is 11.3. The molecule has 1 aromatic carbocycles. The molecule has 3 aromatic rings. The molecule has 28 heavy (non-hydrogen) atoms. The van der Waals surface area contributed by atoms with Crippen LogP contribution in [0.1, 0.15) is 5.69 Å². The van der Waals surface area contributed by atoms with Gasteiger partial charge in [0.05, 0.1) is 23.3 Å². The predicted octanol–water partition coefficient (Wildman–Crippen LogP) is 0.220. The van der Waals surface area contributed by atoms with E-state index in [0.717, 1.165) is 0 Å². The number of carbonyl (C=O) groups excluding carboxylic acids is 1. The van der Waals surface area contributed by atoms with Crippen molar-refractivity contribution in [3.8, 4) is 17.1 Å². The number of ether oxygens (including phenoxy) is 1. The Labute approximate surface area is 161 Å². The van der Waals surface area contributed by atoms with Gasteiger partial charge < -0.3 is 10.5 Å². The third kappa shape index (κ3) is 4.69. The van der Waals surface area contributed by atoms with Gasteiger partial charge in [0.2, 0.25) is 10.0 Å². The molecule has 0 aliphatic rings. The summed E-state index contributed by atoms with van der Waals surface area (Å²) >= 11 is 0. The fourth-order valence-electron chi connectivity index (χ4n) is 2.35. The van der Waals surface area contributed by atoms with Crippen molar-refractivity contribution < 1.29 is 17.9 Å². The number of aromatic nitrogens is 4. The van der Waals surface area contributed by atoms with Gasteiger partial charge in [-0.05, 0) is 30.3 Å². The van der Waals surface area contributed by atoms with Gasteiger partial charge in [0.15, 0.2) is 6.61 Å². The topological polar surface area (TPSA) is 142 Å². The van der Waals surface area contributed by atoms with Crippen LogP contribution in [0.2, 0.25) is 0 Å². The van der Waals surface area contributed by atoms with Crippen molar-refractivity contribution in [1.29, 1.82) is 0 Å². The van der Waals surface area contributed by atoms with Crippen LogP contribution in [0.15, 0.2) is 53.8 Å². The van der Waals surface area contributed by atoms with Gasteiger partial charge in [-0.2, -0.15) is 5.10 Å². The number of nitrogens with zero attached hydrogens (tertiary/aromatic N) is 4. The standard InChI is InChI=1S/C17H18N6O4S/c1-23-12(8-15(22-23)16-10-19-6-7-20-16)9-21-28(25,26)14-4-2-13(3-5-14)27-11-17(18)24/h2-8,10,21H,9,11H2,1H3,(H2,18,24). The zero-order valence-corrected chi connectivity index (χ0v) is 15.8. The second-order valence-corrected chi connectivity index (χ2v) is 7.55. The monoisotopic (exact) mass is 402 g/mol. The Hall–Kier alpha value is -3.31. The number of primary amides is 1. The highest BCUT2D eigenvalue weighted by Crippen LogP contribution is 2.18. The summed E-state index contributed by atoms with van der Waals surface area (Å²) in [5.41, 5.74) is 6.85. The maximum absolute atomic E-state index is 12.5. The van der Waals surface area contributed by atoms with Gasteiger partial charge in [0.25, 0.3) is 5.91 Å². The molecule has 3 rings (SSSR count). The van der Waals surface area contributed by atoms with Crippen molar-refractivity contribution in [2.45, 2.75) is 11.4 Å². The number of amides is 1. The summed E-state index contributed by atoms with van der Waals surface area (Å²) in [6, 6.07) is 7.41. The molecule has 0 saturated carbocycles. The number of hydrogen-bond acceptors (Lipinski definition) is 7. The van der Waals surface area contributed by atoms with Gasteiger partial charge in [0.1, 0.15) is 17.1 Å². The summed E-state index contributed by atoms with van der Waals surface area (Å²) < 4.78 is 34.2. The number of carbonyl (C=O) groups is 1. The first kappa shape index (κ1) is 19.5. The Morgan fingerprint density at radius 3 is 2.61 bits per heavy atom. The Bertz CT molecular complexity index is 1060. The van der Waals surface area contributed by atoms with E-state index >= 15 is 0 Å². The van der Waals surface area contributed by atoms with Crippen LogP contribution in [0.5, 0.6) is 5.75 Å². The summed E-state index contributed by atoms with van der Waals surface area (Å²) in [6.45, 7) is -0.231. The van der Waals surface area contributed by atoms with Crippen molar-refractivity contribution in [2.75, 3.05) is 6.61 Å². The largest absolute Gasteiger partial charge is 0.484 e. The number of hydrogen-bond donors (Lipinski definition) is 2. The van der Waals surface area contributed by atoms with Crippen molar-refractivity contribution in [1.82, 2.24) is 24.5 Å². The number of aryl methyl sites for hydroxylation is 1. The van der Waals surface area contributed by atoms with Gasteiger partial charge in [-0.3, -0.25) is 19.4 Å². The maximum Gasteiger partial charge on any atom is 0.255 e. The van der Waals surface area contributed by atoms with Crippen molar-refractivity contribution in [3.05, 3.63) is 54.6 Å². The summed E-state index contributed by atoms with van der Waals surface area (Å²) in [5, 5.41) is 4.33. The lowest BCUT2D eigenvalue weighted by molar-refractivity contribution is -0.119. The van der Waals surface area contributed by atoms with E-state index in [9.17, 15) is 13.2 Å². The lowest BCUT2D eigenvalue weighted by Gasteiger charge is -2.08. The third-order valence-corrected chi connectivity index (χ3v) is 5.18. The molecule has 10 nitrogen and oxygen atoms in total. The second-order valence-electron chi connectivity index (χ2n) is 5.79. The summed E-state index contributed by atoms with van der Waals surface area (Å²) in [5.74, 6) is -0.270. The smallest absolute Gasteiger partial charge is 0.255 e. The molecule has 0 aliphatic carbocycles. The highest BCUT2D eigenvalue weighted by molar-refractivity contribution is 7.89. The van der Waals surface area contributed by atoms with Crippen LogP contribution in [0.4, 0.5) is 0 Å². The first-order chi connectivity index (χ1) is 13.3. The number of rotatable bonds is 8. The molecule has 0 atom stereocenters. The van der Waals surface area contributed by atoms with Crippen LogP contribution < -0.4 is 15.2 Å². The van der Waals surface area contributed by atoms with E-state index in [-0.39, 0.29) is 18.0 Å². The average molecular weight is 402 g/mol. The van der Waals surface area contributed by atoms with Crippen molar-refractivity contribution in [3.63, 3.8) is 0 Å². The van der Waals surface area contributed by atoms with Crippen LogP contribution in [-0.2, 0) is 28.4 Å². The van der Waals surface area contributed by atoms with E-state index in [1.807, 2.05) is 0 Å².